The maximum atomic E-state index is 13.9. The maximum absolute atomic E-state index is 13.9. The molecule has 4 aromatic rings. The predicted molar refractivity (Wildman–Crippen MR) is 127 cm³/mol. The van der Waals surface area contributed by atoms with Crippen LogP contribution in [0.1, 0.15) is 21.5 Å². The van der Waals surface area contributed by atoms with Crippen LogP contribution in [-0.2, 0) is 16.4 Å². The van der Waals surface area contributed by atoms with Crippen molar-refractivity contribution < 1.29 is 17.6 Å². The number of anilines is 2. The van der Waals surface area contributed by atoms with E-state index in [1.165, 1.54) is 42.5 Å². The van der Waals surface area contributed by atoms with Crippen LogP contribution in [0.4, 0.5) is 15.8 Å². The second kappa shape index (κ2) is 9.67. The number of carbonyl (C=O) groups is 1. The van der Waals surface area contributed by atoms with Gasteiger partial charge in [-0.15, -0.1) is 0 Å². The Labute approximate surface area is 192 Å². The summed E-state index contributed by atoms with van der Waals surface area (Å²) in [7, 11) is -4.08. The van der Waals surface area contributed by atoms with Gasteiger partial charge in [0.15, 0.2) is 0 Å². The highest BCUT2D eigenvalue weighted by Gasteiger charge is 2.18. The number of carbonyl (C=O) groups excluding carboxylic acids is 1. The van der Waals surface area contributed by atoms with Crippen LogP contribution in [0.5, 0.6) is 0 Å². The minimum Gasteiger partial charge on any atom is -0.322 e. The zero-order valence-corrected chi connectivity index (χ0v) is 18.3. The summed E-state index contributed by atoms with van der Waals surface area (Å²) in [6.07, 6.45) is 0.637. The molecule has 1 amide bonds. The van der Waals surface area contributed by atoms with Crippen LogP contribution in [0.25, 0.3) is 0 Å². The third kappa shape index (κ3) is 5.45. The van der Waals surface area contributed by atoms with E-state index in [2.05, 4.69) is 10.0 Å². The summed E-state index contributed by atoms with van der Waals surface area (Å²) < 4.78 is 41.6. The minimum absolute atomic E-state index is 0.143. The number of amides is 1. The minimum atomic E-state index is -4.08. The van der Waals surface area contributed by atoms with Crippen molar-refractivity contribution in [3.8, 4) is 0 Å². The number of benzene rings is 4. The van der Waals surface area contributed by atoms with Gasteiger partial charge in [0.05, 0.1) is 10.6 Å². The van der Waals surface area contributed by atoms with Gasteiger partial charge in [-0.05, 0) is 53.9 Å². The van der Waals surface area contributed by atoms with Crippen LogP contribution in [-0.4, -0.2) is 14.3 Å². The molecule has 4 rings (SSSR count). The van der Waals surface area contributed by atoms with Crippen LogP contribution in [0.15, 0.2) is 108 Å². The lowest BCUT2D eigenvalue weighted by molar-refractivity contribution is 0.102. The number of para-hydroxylation sites is 2. The quantitative estimate of drug-likeness (QED) is 0.384. The van der Waals surface area contributed by atoms with Gasteiger partial charge in [-0.3, -0.25) is 9.52 Å². The fourth-order valence-corrected chi connectivity index (χ4v) is 4.47. The van der Waals surface area contributed by atoms with Gasteiger partial charge in [-0.2, -0.15) is 0 Å². The molecular weight excluding hydrogens is 439 g/mol. The standard InChI is InChI=1S/C26H21FN2O3S/c27-23-14-5-7-16-25(23)29-33(31,32)22-13-8-12-21(18-22)26(30)28-24-15-6-4-11-20(24)17-19-9-2-1-3-10-19/h1-16,18,29H,17H2,(H,28,30). The second-order valence-corrected chi connectivity index (χ2v) is 9.07. The lowest BCUT2D eigenvalue weighted by atomic mass is 10.0. The van der Waals surface area contributed by atoms with Crippen LogP contribution in [0, 0.1) is 5.82 Å². The SMILES string of the molecule is O=C(Nc1ccccc1Cc1ccccc1)c1cccc(S(=O)(=O)Nc2ccccc2F)c1. The third-order valence-electron chi connectivity index (χ3n) is 5.03. The summed E-state index contributed by atoms with van der Waals surface area (Å²) >= 11 is 0. The molecule has 0 fully saturated rings. The van der Waals surface area contributed by atoms with Gasteiger partial charge in [0.2, 0.25) is 0 Å². The van der Waals surface area contributed by atoms with E-state index in [0.29, 0.717) is 12.1 Å². The van der Waals surface area contributed by atoms with E-state index in [4.69, 9.17) is 0 Å². The van der Waals surface area contributed by atoms with Crippen LogP contribution in [0.3, 0.4) is 0 Å². The smallest absolute Gasteiger partial charge is 0.262 e. The molecule has 0 radical (unpaired) electrons. The van der Waals surface area contributed by atoms with Crippen molar-refractivity contribution in [2.45, 2.75) is 11.3 Å². The van der Waals surface area contributed by atoms with E-state index in [0.717, 1.165) is 17.2 Å². The van der Waals surface area contributed by atoms with Crippen LogP contribution >= 0.6 is 0 Å². The Hall–Kier alpha value is -3.97. The monoisotopic (exact) mass is 460 g/mol. The molecule has 4 aromatic carbocycles. The van der Waals surface area contributed by atoms with E-state index in [1.807, 2.05) is 48.5 Å². The lowest BCUT2D eigenvalue weighted by Gasteiger charge is -2.13. The predicted octanol–water partition coefficient (Wildman–Crippen LogP) is 5.47. The first kappa shape index (κ1) is 22.2. The van der Waals surface area contributed by atoms with E-state index < -0.39 is 21.7 Å². The summed E-state index contributed by atoms with van der Waals surface area (Å²) in [5.41, 5.74) is 2.68. The Kier molecular flexibility index (Phi) is 6.51. The maximum Gasteiger partial charge on any atom is 0.262 e. The Morgan fingerprint density at radius 2 is 1.42 bits per heavy atom. The Morgan fingerprint density at radius 1 is 0.758 bits per heavy atom. The van der Waals surface area contributed by atoms with Crippen molar-refractivity contribution in [1.29, 1.82) is 0 Å². The van der Waals surface area contributed by atoms with Crippen molar-refractivity contribution in [3.63, 3.8) is 0 Å². The third-order valence-corrected chi connectivity index (χ3v) is 6.39. The average molecular weight is 461 g/mol. The number of halogens is 1. The Morgan fingerprint density at radius 3 is 2.18 bits per heavy atom. The molecule has 0 saturated carbocycles. The molecule has 166 valence electrons. The number of rotatable bonds is 7. The van der Waals surface area contributed by atoms with Crippen molar-refractivity contribution >= 4 is 27.3 Å². The Balaban J connectivity index is 1.55. The molecule has 0 unspecified atom stereocenters. The molecule has 2 N–H and O–H groups in total. The van der Waals surface area contributed by atoms with Crippen LogP contribution in [0.2, 0.25) is 0 Å². The Bertz CT molecular complexity index is 1390. The fourth-order valence-electron chi connectivity index (χ4n) is 3.36. The van der Waals surface area contributed by atoms with Gasteiger partial charge in [0.25, 0.3) is 15.9 Å². The van der Waals surface area contributed by atoms with E-state index in [-0.39, 0.29) is 16.1 Å². The molecule has 0 aliphatic carbocycles. The van der Waals surface area contributed by atoms with Gasteiger partial charge in [0.1, 0.15) is 5.82 Å². The highest BCUT2D eigenvalue weighted by Crippen LogP contribution is 2.22. The highest BCUT2D eigenvalue weighted by atomic mass is 32.2. The zero-order chi connectivity index (χ0) is 23.3. The molecule has 0 atom stereocenters. The molecule has 0 aromatic heterocycles. The largest absolute Gasteiger partial charge is 0.322 e. The van der Waals surface area contributed by atoms with E-state index in [9.17, 15) is 17.6 Å². The number of hydrogen-bond donors (Lipinski definition) is 2. The normalized spacial score (nSPS) is 11.1. The first-order valence-electron chi connectivity index (χ1n) is 10.2. The fraction of sp³-hybridized carbons (Fsp3) is 0.0385. The molecule has 0 spiro atoms. The molecule has 0 bridgehead atoms. The molecular formula is C26H21FN2O3S. The highest BCUT2D eigenvalue weighted by molar-refractivity contribution is 7.92. The van der Waals surface area contributed by atoms with E-state index in [1.54, 1.807) is 6.07 Å². The molecule has 33 heavy (non-hydrogen) atoms. The van der Waals surface area contributed by atoms with Crippen molar-refractivity contribution in [3.05, 3.63) is 126 Å². The van der Waals surface area contributed by atoms with Crippen molar-refractivity contribution in [1.82, 2.24) is 0 Å². The van der Waals surface area contributed by atoms with Gasteiger partial charge in [-0.1, -0.05) is 66.7 Å². The van der Waals surface area contributed by atoms with E-state index >= 15 is 0 Å². The summed E-state index contributed by atoms with van der Waals surface area (Å²) in [4.78, 5) is 12.8. The van der Waals surface area contributed by atoms with Gasteiger partial charge < -0.3 is 5.32 Å². The number of sulfonamides is 1. The van der Waals surface area contributed by atoms with Crippen molar-refractivity contribution in [2.75, 3.05) is 10.0 Å². The summed E-state index contributed by atoms with van der Waals surface area (Å²) in [6, 6.07) is 28.4. The first-order valence-corrected chi connectivity index (χ1v) is 11.7. The van der Waals surface area contributed by atoms with Crippen LogP contribution < -0.4 is 10.0 Å². The summed E-state index contributed by atoms with van der Waals surface area (Å²) in [5, 5.41) is 2.87. The van der Waals surface area contributed by atoms with Gasteiger partial charge >= 0.3 is 0 Å². The first-order chi connectivity index (χ1) is 15.9. The average Bonchev–Trinajstić information content (AvgIpc) is 2.82. The molecule has 0 aliphatic rings. The topological polar surface area (TPSA) is 75.3 Å². The van der Waals surface area contributed by atoms with Crippen molar-refractivity contribution in [2.24, 2.45) is 0 Å². The van der Waals surface area contributed by atoms with Gasteiger partial charge in [0, 0.05) is 11.3 Å². The van der Waals surface area contributed by atoms with Gasteiger partial charge in [-0.25, -0.2) is 12.8 Å². The lowest BCUT2D eigenvalue weighted by Crippen LogP contribution is -2.17. The molecule has 7 heteroatoms. The summed E-state index contributed by atoms with van der Waals surface area (Å²) in [5.74, 6) is -1.14. The molecule has 0 heterocycles. The zero-order valence-electron chi connectivity index (χ0n) is 17.5. The number of nitrogens with one attached hydrogen (secondary N) is 2. The number of hydrogen-bond acceptors (Lipinski definition) is 3. The molecule has 5 nitrogen and oxygen atoms in total. The summed E-state index contributed by atoms with van der Waals surface area (Å²) in [6.45, 7) is 0. The molecule has 0 saturated heterocycles. The second-order valence-electron chi connectivity index (χ2n) is 7.39. The molecule has 0 aliphatic heterocycles.